The average Bonchev–Trinajstić information content (AvgIpc) is 2.80. The van der Waals surface area contributed by atoms with Gasteiger partial charge in [-0.3, -0.25) is 4.79 Å². The molecule has 0 bridgehead atoms. The van der Waals surface area contributed by atoms with Gasteiger partial charge in [-0.05, 0) is 36.4 Å². The molecule has 0 aliphatic heterocycles. The van der Waals surface area contributed by atoms with Crippen LogP contribution in [0.2, 0.25) is 0 Å². The Morgan fingerprint density at radius 1 is 1.44 bits per heavy atom. The Balaban J connectivity index is 2.27. The summed E-state index contributed by atoms with van der Waals surface area (Å²) >= 11 is 1.63. The standard InChI is InChI=1S/C13H13NO3S/c1-9-4-6-14(12(15)11(9)13(16)17)7-5-10-3-2-8-18-10/h2-4,6,8H,5,7H2,1H3,(H,16,17). The Morgan fingerprint density at radius 2 is 2.22 bits per heavy atom. The van der Waals surface area contributed by atoms with Crippen molar-refractivity contribution in [2.45, 2.75) is 19.9 Å². The van der Waals surface area contributed by atoms with Crippen LogP contribution in [0.1, 0.15) is 20.8 Å². The monoisotopic (exact) mass is 263 g/mol. The maximum absolute atomic E-state index is 12.0. The fourth-order valence-corrected chi connectivity index (χ4v) is 2.48. The van der Waals surface area contributed by atoms with Crippen molar-refractivity contribution in [2.75, 3.05) is 0 Å². The lowest BCUT2D eigenvalue weighted by molar-refractivity contribution is 0.0693. The molecule has 0 fully saturated rings. The number of aromatic nitrogens is 1. The molecule has 2 heterocycles. The molecule has 0 spiro atoms. The predicted octanol–water partition coefficient (Wildman–Crippen LogP) is 2.16. The number of hydrogen-bond acceptors (Lipinski definition) is 3. The van der Waals surface area contributed by atoms with E-state index in [1.807, 2.05) is 17.5 Å². The summed E-state index contributed by atoms with van der Waals surface area (Å²) in [6.07, 6.45) is 2.39. The van der Waals surface area contributed by atoms with Crippen molar-refractivity contribution in [3.05, 3.63) is 56.1 Å². The van der Waals surface area contributed by atoms with Crippen LogP contribution in [0.4, 0.5) is 0 Å². The molecule has 94 valence electrons. The summed E-state index contributed by atoms with van der Waals surface area (Å²) in [5, 5.41) is 11.0. The Kier molecular flexibility index (Phi) is 3.62. The van der Waals surface area contributed by atoms with Gasteiger partial charge in [-0.15, -0.1) is 11.3 Å². The van der Waals surface area contributed by atoms with Gasteiger partial charge in [0.2, 0.25) is 0 Å². The van der Waals surface area contributed by atoms with Gasteiger partial charge in [0.1, 0.15) is 5.56 Å². The fraction of sp³-hybridized carbons (Fsp3) is 0.231. The highest BCUT2D eigenvalue weighted by Crippen LogP contribution is 2.10. The molecule has 0 saturated heterocycles. The molecule has 18 heavy (non-hydrogen) atoms. The smallest absolute Gasteiger partial charge is 0.341 e. The van der Waals surface area contributed by atoms with Crippen LogP contribution in [0.15, 0.2) is 34.6 Å². The first kappa shape index (κ1) is 12.6. The van der Waals surface area contributed by atoms with E-state index in [2.05, 4.69) is 0 Å². The lowest BCUT2D eigenvalue weighted by atomic mass is 10.1. The van der Waals surface area contributed by atoms with Gasteiger partial charge in [-0.1, -0.05) is 6.07 Å². The summed E-state index contributed by atoms with van der Waals surface area (Å²) in [5.74, 6) is -1.16. The Bertz CT molecular complexity index is 614. The number of pyridine rings is 1. The summed E-state index contributed by atoms with van der Waals surface area (Å²) < 4.78 is 1.45. The summed E-state index contributed by atoms with van der Waals surface area (Å²) in [4.78, 5) is 24.2. The number of carboxylic acid groups (broad SMARTS) is 1. The first-order chi connectivity index (χ1) is 8.59. The number of rotatable bonds is 4. The number of carboxylic acids is 1. The van der Waals surface area contributed by atoms with E-state index in [0.717, 1.165) is 6.42 Å². The third-order valence-corrected chi connectivity index (χ3v) is 3.70. The molecule has 2 aromatic heterocycles. The van der Waals surface area contributed by atoms with E-state index in [1.54, 1.807) is 30.5 Å². The molecule has 1 N–H and O–H groups in total. The summed E-state index contributed by atoms with van der Waals surface area (Å²) in [7, 11) is 0. The van der Waals surface area contributed by atoms with E-state index in [0.29, 0.717) is 12.1 Å². The largest absolute Gasteiger partial charge is 0.477 e. The van der Waals surface area contributed by atoms with Crippen LogP contribution in [-0.2, 0) is 13.0 Å². The normalized spacial score (nSPS) is 10.5. The van der Waals surface area contributed by atoms with Crippen LogP contribution in [0, 0.1) is 6.92 Å². The molecular weight excluding hydrogens is 250 g/mol. The van der Waals surface area contributed by atoms with E-state index < -0.39 is 11.5 Å². The molecule has 0 radical (unpaired) electrons. The second-order valence-corrected chi connectivity index (χ2v) is 5.04. The van der Waals surface area contributed by atoms with Crippen LogP contribution >= 0.6 is 11.3 Å². The Labute approximate surface area is 108 Å². The molecule has 0 aliphatic rings. The van der Waals surface area contributed by atoms with Gasteiger partial charge >= 0.3 is 5.97 Å². The average molecular weight is 263 g/mol. The van der Waals surface area contributed by atoms with Gasteiger partial charge < -0.3 is 9.67 Å². The highest BCUT2D eigenvalue weighted by atomic mass is 32.1. The van der Waals surface area contributed by atoms with Crippen LogP contribution in [0.25, 0.3) is 0 Å². The highest BCUT2D eigenvalue weighted by Gasteiger charge is 2.14. The van der Waals surface area contributed by atoms with Crippen molar-refractivity contribution in [2.24, 2.45) is 0 Å². The quantitative estimate of drug-likeness (QED) is 0.919. The molecule has 2 rings (SSSR count). The lowest BCUT2D eigenvalue weighted by Crippen LogP contribution is -2.27. The number of carbonyl (C=O) groups is 1. The van der Waals surface area contributed by atoms with Crippen LogP contribution < -0.4 is 5.56 Å². The van der Waals surface area contributed by atoms with Crippen LogP contribution in [0.3, 0.4) is 0 Å². The zero-order valence-corrected chi connectivity index (χ0v) is 10.7. The van der Waals surface area contributed by atoms with Crippen molar-refractivity contribution in [1.82, 2.24) is 4.57 Å². The Hall–Kier alpha value is -1.88. The van der Waals surface area contributed by atoms with E-state index >= 15 is 0 Å². The maximum Gasteiger partial charge on any atom is 0.341 e. The minimum atomic E-state index is -1.16. The maximum atomic E-state index is 12.0. The van der Waals surface area contributed by atoms with Gasteiger partial charge in [0, 0.05) is 17.6 Å². The lowest BCUT2D eigenvalue weighted by Gasteiger charge is -2.07. The summed E-state index contributed by atoms with van der Waals surface area (Å²) in [6.45, 7) is 2.13. The van der Waals surface area contributed by atoms with E-state index in [4.69, 9.17) is 5.11 Å². The minimum Gasteiger partial charge on any atom is -0.477 e. The first-order valence-electron chi connectivity index (χ1n) is 5.55. The molecule has 0 amide bonds. The third kappa shape index (κ3) is 2.51. The van der Waals surface area contributed by atoms with E-state index in [9.17, 15) is 9.59 Å². The van der Waals surface area contributed by atoms with Crippen LogP contribution in [-0.4, -0.2) is 15.6 Å². The van der Waals surface area contributed by atoms with Crippen molar-refractivity contribution < 1.29 is 9.90 Å². The molecular formula is C13H13NO3S. The van der Waals surface area contributed by atoms with Crippen molar-refractivity contribution >= 4 is 17.3 Å². The van der Waals surface area contributed by atoms with Gasteiger partial charge in [-0.25, -0.2) is 4.79 Å². The first-order valence-corrected chi connectivity index (χ1v) is 6.43. The Morgan fingerprint density at radius 3 is 2.83 bits per heavy atom. The SMILES string of the molecule is Cc1ccn(CCc2cccs2)c(=O)c1C(=O)O. The van der Waals surface area contributed by atoms with Gasteiger partial charge in [-0.2, -0.15) is 0 Å². The number of thiophene rings is 1. The summed E-state index contributed by atoms with van der Waals surface area (Å²) in [6, 6.07) is 5.63. The van der Waals surface area contributed by atoms with Crippen molar-refractivity contribution in [3.63, 3.8) is 0 Å². The fourth-order valence-electron chi connectivity index (χ4n) is 1.79. The van der Waals surface area contributed by atoms with Gasteiger partial charge in [0.05, 0.1) is 0 Å². The van der Waals surface area contributed by atoms with E-state index in [-0.39, 0.29) is 5.56 Å². The van der Waals surface area contributed by atoms with E-state index in [1.165, 1.54) is 9.44 Å². The molecule has 4 nitrogen and oxygen atoms in total. The molecule has 5 heteroatoms. The number of aryl methyl sites for hydroxylation is 3. The number of aromatic carboxylic acids is 1. The third-order valence-electron chi connectivity index (χ3n) is 2.77. The van der Waals surface area contributed by atoms with Crippen LogP contribution in [0.5, 0.6) is 0 Å². The topological polar surface area (TPSA) is 59.3 Å². The van der Waals surface area contributed by atoms with Crippen molar-refractivity contribution in [1.29, 1.82) is 0 Å². The highest BCUT2D eigenvalue weighted by molar-refractivity contribution is 7.09. The zero-order valence-electron chi connectivity index (χ0n) is 9.92. The molecule has 0 aliphatic carbocycles. The van der Waals surface area contributed by atoms with Gasteiger partial charge in [0.15, 0.2) is 0 Å². The molecule has 0 atom stereocenters. The predicted molar refractivity (Wildman–Crippen MR) is 70.4 cm³/mol. The molecule has 2 aromatic rings. The second kappa shape index (κ2) is 5.18. The zero-order chi connectivity index (χ0) is 13.1. The molecule has 0 saturated carbocycles. The number of hydrogen-bond donors (Lipinski definition) is 1. The molecule has 0 aromatic carbocycles. The summed E-state index contributed by atoms with van der Waals surface area (Å²) in [5.41, 5.74) is -0.0670. The van der Waals surface area contributed by atoms with Crippen molar-refractivity contribution in [3.8, 4) is 0 Å². The molecule has 0 unspecified atom stereocenters. The second-order valence-electron chi connectivity index (χ2n) is 4.01. The minimum absolute atomic E-state index is 0.135. The number of nitrogens with zero attached hydrogens (tertiary/aromatic N) is 1. The van der Waals surface area contributed by atoms with Gasteiger partial charge in [0.25, 0.3) is 5.56 Å².